The molecule has 0 amide bonds. The van der Waals surface area contributed by atoms with Crippen LogP contribution in [0.2, 0.25) is 0 Å². The van der Waals surface area contributed by atoms with Crippen LogP contribution in [0.4, 0.5) is 0 Å². The van der Waals surface area contributed by atoms with E-state index >= 15 is 0 Å². The summed E-state index contributed by atoms with van der Waals surface area (Å²) in [5, 5.41) is 10.1. The molecule has 1 aromatic rings. The lowest BCUT2D eigenvalue weighted by Gasteiger charge is -2.19. The van der Waals surface area contributed by atoms with Gasteiger partial charge < -0.3 is 5.11 Å². The van der Waals surface area contributed by atoms with Gasteiger partial charge in [0.2, 0.25) is 0 Å². The molecule has 0 saturated heterocycles. The molecule has 1 rings (SSSR count). The second kappa shape index (κ2) is 5.71. The summed E-state index contributed by atoms with van der Waals surface area (Å²) in [6.07, 6.45) is 1.89. The number of aliphatic hydroxyl groups excluding tert-OH is 1. The summed E-state index contributed by atoms with van der Waals surface area (Å²) in [5.74, 6) is 0.343. The highest BCUT2D eigenvalue weighted by atomic mass is 127. The monoisotopic (exact) mass is 304 g/mol. The van der Waals surface area contributed by atoms with Crippen LogP contribution in [0.1, 0.15) is 38.4 Å². The quantitative estimate of drug-likeness (QED) is 0.840. The fourth-order valence-corrected chi connectivity index (χ4v) is 2.34. The fourth-order valence-electron chi connectivity index (χ4n) is 1.63. The number of hydrogen-bond acceptors (Lipinski definition) is 1. The topological polar surface area (TPSA) is 20.2 Å². The van der Waals surface area contributed by atoms with E-state index in [9.17, 15) is 5.11 Å². The third-order valence-corrected chi connectivity index (χ3v) is 3.49. The van der Waals surface area contributed by atoms with Gasteiger partial charge in [0, 0.05) is 3.57 Å². The highest BCUT2D eigenvalue weighted by molar-refractivity contribution is 14.1. The third kappa shape index (κ3) is 2.95. The summed E-state index contributed by atoms with van der Waals surface area (Å²) < 4.78 is 1.15. The molecule has 2 atom stereocenters. The highest BCUT2D eigenvalue weighted by Crippen LogP contribution is 2.28. The molecule has 0 bridgehead atoms. The molecule has 2 heteroatoms. The first-order valence-corrected chi connectivity index (χ1v) is 6.17. The van der Waals surface area contributed by atoms with Gasteiger partial charge in [-0.2, -0.15) is 0 Å². The zero-order valence-electron chi connectivity index (χ0n) is 8.70. The summed E-state index contributed by atoms with van der Waals surface area (Å²) in [4.78, 5) is 0. The Morgan fingerprint density at radius 2 is 2.00 bits per heavy atom. The predicted octanol–water partition coefficient (Wildman–Crippen LogP) is 3.76. The van der Waals surface area contributed by atoms with Gasteiger partial charge in [-0.25, -0.2) is 0 Å². The molecular weight excluding hydrogens is 287 g/mol. The highest BCUT2D eigenvalue weighted by Gasteiger charge is 2.17. The predicted molar refractivity (Wildman–Crippen MR) is 68.2 cm³/mol. The van der Waals surface area contributed by atoms with E-state index in [1.807, 2.05) is 24.3 Å². The lowest BCUT2D eigenvalue weighted by Crippen LogP contribution is -2.10. The van der Waals surface area contributed by atoms with Gasteiger partial charge >= 0.3 is 0 Å². The maximum atomic E-state index is 10.1. The zero-order valence-corrected chi connectivity index (χ0v) is 10.9. The van der Waals surface area contributed by atoms with Gasteiger partial charge in [-0.15, -0.1) is 0 Å². The van der Waals surface area contributed by atoms with Crippen LogP contribution >= 0.6 is 22.6 Å². The maximum Gasteiger partial charge on any atom is 0.0825 e. The third-order valence-electron chi connectivity index (χ3n) is 2.51. The van der Waals surface area contributed by atoms with Gasteiger partial charge in [0.05, 0.1) is 6.10 Å². The summed E-state index contributed by atoms with van der Waals surface area (Å²) in [7, 11) is 0. The van der Waals surface area contributed by atoms with Crippen molar-refractivity contribution in [3.8, 4) is 0 Å². The molecule has 78 valence electrons. The van der Waals surface area contributed by atoms with Crippen molar-refractivity contribution in [2.24, 2.45) is 5.92 Å². The van der Waals surface area contributed by atoms with E-state index in [0.717, 1.165) is 22.0 Å². The van der Waals surface area contributed by atoms with Crippen molar-refractivity contribution in [2.75, 3.05) is 0 Å². The average molecular weight is 304 g/mol. The lowest BCUT2D eigenvalue weighted by atomic mass is 9.94. The molecule has 2 unspecified atom stereocenters. The molecule has 1 N–H and O–H groups in total. The lowest BCUT2D eigenvalue weighted by molar-refractivity contribution is 0.111. The number of hydrogen-bond donors (Lipinski definition) is 1. The maximum absolute atomic E-state index is 10.1. The number of benzene rings is 1. The van der Waals surface area contributed by atoms with Crippen molar-refractivity contribution in [1.82, 2.24) is 0 Å². The smallest absolute Gasteiger partial charge is 0.0825 e. The van der Waals surface area contributed by atoms with Gasteiger partial charge in [-0.05, 0) is 46.6 Å². The van der Waals surface area contributed by atoms with Crippen LogP contribution < -0.4 is 0 Å². The van der Waals surface area contributed by atoms with Crippen molar-refractivity contribution in [3.63, 3.8) is 0 Å². The van der Waals surface area contributed by atoms with Crippen molar-refractivity contribution in [3.05, 3.63) is 33.4 Å². The van der Waals surface area contributed by atoms with Crippen LogP contribution in [0.3, 0.4) is 0 Å². The van der Waals surface area contributed by atoms with Crippen LogP contribution in [-0.4, -0.2) is 5.11 Å². The Morgan fingerprint density at radius 3 is 2.57 bits per heavy atom. The van der Waals surface area contributed by atoms with E-state index in [2.05, 4.69) is 36.4 Å². The summed E-state index contributed by atoms with van der Waals surface area (Å²) in [5.41, 5.74) is 1.06. The summed E-state index contributed by atoms with van der Waals surface area (Å²) in [6, 6.07) is 8.04. The van der Waals surface area contributed by atoms with E-state index in [4.69, 9.17) is 0 Å². The van der Waals surface area contributed by atoms with Gasteiger partial charge in [-0.3, -0.25) is 0 Å². The second-order valence-electron chi connectivity index (χ2n) is 3.73. The molecule has 0 saturated carbocycles. The molecule has 0 spiro atoms. The standard InChI is InChI=1S/C12H17IO/c1-3-6-9(2)12(14)10-7-4-5-8-11(10)13/h4-5,7-9,12,14H,3,6H2,1-2H3. The Labute approximate surface area is 99.7 Å². The minimum absolute atomic E-state index is 0.317. The van der Waals surface area contributed by atoms with Crippen LogP contribution in [-0.2, 0) is 0 Å². The van der Waals surface area contributed by atoms with Gasteiger partial charge in [-0.1, -0.05) is 38.5 Å². The van der Waals surface area contributed by atoms with Crippen molar-refractivity contribution < 1.29 is 5.11 Å². The summed E-state index contributed by atoms with van der Waals surface area (Å²) in [6.45, 7) is 4.26. The molecule has 1 aromatic carbocycles. The largest absolute Gasteiger partial charge is 0.388 e. The van der Waals surface area contributed by atoms with E-state index in [0.29, 0.717) is 5.92 Å². The van der Waals surface area contributed by atoms with Crippen molar-refractivity contribution in [2.45, 2.75) is 32.8 Å². The first-order chi connectivity index (χ1) is 6.66. The second-order valence-corrected chi connectivity index (χ2v) is 4.89. The first kappa shape index (κ1) is 12.0. The zero-order chi connectivity index (χ0) is 10.6. The molecule has 0 heterocycles. The van der Waals surface area contributed by atoms with Gasteiger partial charge in [0.25, 0.3) is 0 Å². The minimum atomic E-state index is -0.317. The van der Waals surface area contributed by atoms with Gasteiger partial charge in [0.15, 0.2) is 0 Å². The Bertz CT molecular complexity index is 285. The van der Waals surface area contributed by atoms with Crippen molar-refractivity contribution >= 4 is 22.6 Å². The Balaban J connectivity index is 2.78. The molecule has 0 aromatic heterocycles. The van der Waals surface area contributed by atoms with E-state index in [-0.39, 0.29) is 6.10 Å². The normalized spacial score (nSPS) is 15.1. The van der Waals surface area contributed by atoms with Crippen LogP contribution in [0.15, 0.2) is 24.3 Å². The number of halogens is 1. The molecule has 0 aliphatic heterocycles. The molecular formula is C12H17IO. The van der Waals surface area contributed by atoms with Crippen LogP contribution in [0, 0.1) is 9.49 Å². The average Bonchev–Trinajstić information content (AvgIpc) is 2.18. The summed E-state index contributed by atoms with van der Waals surface area (Å²) >= 11 is 2.28. The van der Waals surface area contributed by atoms with E-state index < -0.39 is 0 Å². The Kier molecular flexibility index (Phi) is 4.89. The Hall–Kier alpha value is -0.0900. The molecule has 0 radical (unpaired) electrons. The molecule has 14 heavy (non-hydrogen) atoms. The van der Waals surface area contributed by atoms with E-state index in [1.165, 1.54) is 0 Å². The Morgan fingerprint density at radius 1 is 1.36 bits per heavy atom. The van der Waals surface area contributed by atoms with Crippen LogP contribution in [0.25, 0.3) is 0 Å². The fraction of sp³-hybridized carbons (Fsp3) is 0.500. The molecule has 0 fully saturated rings. The van der Waals surface area contributed by atoms with Crippen molar-refractivity contribution in [1.29, 1.82) is 0 Å². The molecule has 0 aliphatic rings. The number of rotatable bonds is 4. The molecule has 1 nitrogen and oxygen atoms in total. The minimum Gasteiger partial charge on any atom is -0.388 e. The van der Waals surface area contributed by atoms with E-state index in [1.54, 1.807) is 0 Å². The van der Waals surface area contributed by atoms with Crippen LogP contribution in [0.5, 0.6) is 0 Å². The number of aliphatic hydroxyl groups is 1. The SMILES string of the molecule is CCCC(C)C(O)c1ccccc1I. The first-order valence-electron chi connectivity index (χ1n) is 5.09. The van der Waals surface area contributed by atoms with Gasteiger partial charge in [0.1, 0.15) is 0 Å². The molecule has 0 aliphatic carbocycles.